The van der Waals surface area contributed by atoms with E-state index in [1.165, 1.54) is 83.5 Å². The van der Waals surface area contributed by atoms with Crippen molar-refractivity contribution in [2.75, 3.05) is 0 Å². The molecular formula is C20H38. The second-order valence-electron chi connectivity index (χ2n) is 6.11. The molecule has 118 valence electrons. The summed E-state index contributed by atoms with van der Waals surface area (Å²) in [6.45, 7) is 8.40. The molecule has 0 spiro atoms. The van der Waals surface area contributed by atoms with Gasteiger partial charge in [-0.2, -0.15) is 0 Å². The molecule has 0 aliphatic rings. The molecule has 0 aromatic rings. The highest BCUT2D eigenvalue weighted by atomic mass is 14.1. The number of allylic oxidation sites excluding steroid dienone is 3. The first kappa shape index (κ1) is 19.5. The summed E-state index contributed by atoms with van der Waals surface area (Å²) in [7, 11) is 0. The van der Waals surface area contributed by atoms with Crippen LogP contribution in [0.3, 0.4) is 0 Å². The van der Waals surface area contributed by atoms with Crippen molar-refractivity contribution < 1.29 is 0 Å². The molecule has 0 heterocycles. The first-order valence-corrected chi connectivity index (χ1v) is 9.12. The van der Waals surface area contributed by atoms with Crippen LogP contribution in [0.4, 0.5) is 0 Å². The summed E-state index contributed by atoms with van der Waals surface area (Å²) in [5, 5.41) is 0. The maximum Gasteiger partial charge on any atom is -0.0233 e. The zero-order valence-corrected chi connectivity index (χ0v) is 14.2. The molecule has 0 bridgehead atoms. The van der Waals surface area contributed by atoms with Gasteiger partial charge in [-0.25, -0.2) is 0 Å². The fraction of sp³-hybridized carbons (Fsp3) is 0.800. The molecule has 0 aromatic carbocycles. The van der Waals surface area contributed by atoms with Crippen molar-refractivity contribution in [2.24, 2.45) is 5.92 Å². The highest BCUT2D eigenvalue weighted by Gasteiger charge is 2.03. The summed E-state index contributed by atoms with van der Waals surface area (Å²) in [6.07, 6.45) is 24.6. The van der Waals surface area contributed by atoms with Crippen LogP contribution in [-0.4, -0.2) is 0 Å². The van der Waals surface area contributed by atoms with E-state index >= 15 is 0 Å². The average molecular weight is 279 g/mol. The second-order valence-corrected chi connectivity index (χ2v) is 6.11. The van der Waals surface area contributed by atoms with Crippen LogP contribution in [-0.2, 0) is 0 Å². The summed E-state index contributed by atoms with van der Waals surface area (Å²) in [5.74, 6) is 0.817. The van der Waals surface area contributed by atoms with Gasteiger partial charge in [0, 0.05) is 0 Å². The molecule has 0 rings (SSSR count). The van der Waals surface area contributed by atoms with Gasteiger partial charge in [-0.05, 0) is 44.4 Å². The van der Waals surface area contributed by atoms with E-state index in [1.54, 1.807) is 0 Å². The van der Waals surface area contributed by atoms with Crippen LogP contribution in [0.5, 0.6) is 0 Å². The molecule has 0 saturated carbocycles. The van der Waals surface area contributed by atoms with Gasteiger partial charge in [0.2, 0.25) is 0 Å². The SMILES string of the molecule is C=CCCCC(C=CCCCCCCC)CCCCC. The fourth-order valence-corrected chi connectivity index (χ4v) is 2.67. The van der Waals surface area contributed by atoms with E-state index in [0.29, 0.717) is 0 Å². The van der Waals surface area contributed by atoms with Gasteiger partial charge in [-0.15, -0.1) is 6.58 Å². The monoisotopic (exact) mass is 278 g/mol. The van der Waals surface area contributed by atoms with E-state index in [1.807, 2.05) is 0 Å². The maximum atomic E-state index is 3.83. The Kier molecular flexibility index (Phi) is 16.1. The maximum absolute atomic E-state index is 3.83. The van der Waals surface area contributed by atoms with Crippen LogP contribution in [0.1, 0.15) is 97.3 Å². The first-order chi connectivity index (χ1) is 9.85. The topological polar surface area (TPSA) is 0 Å². The zero-order valence-electron chi connectivity index (χ0n) is 14.2. The highest BCUT2D eigenvalue weighted by molar-refractivity contribution is 4.88. The molecule has 0 nitrogen and oxygen atoms in total. The zero-order chi connectivity index (χ0) is 14.9. The lowest BCUT2D eigenvalue weighted by atomic mass is 9.94. The minimum atomic E-state index is 0.817. The molecule has 0 aliphatic carbocycles. The van der Waals surface area contributed by atoms with Gasteiger partial charge in [-0.1, -0.05) is 77.0 Å². The third kappa shape index (κ3) is 13.9. The van der Waals surface area contributed by atoms with Crippen LogP contribution in [0.15, 0.2) is 24.8 Å². The van der Waals surface area contributed by atoms with Crippen LogP contribution in [0, 0.1) is 5.92 Å². The number of unbranched alkanes of at least 4 members (excludes halogenated alkanes) is 8. The largest absolute Gasteiger partial charge is 0.103 e. The first-order valence-electron chi connectivity index (χ1n) is 9.12. The third-order valence-electron chi connectivity index (χ3n) is 4.04. The lowest BCUT2D eigenvalue weighted by Gasteiger charge is -2.12. The minimum Gasteiger partial charge on any atom is -0.103 e. The van der Waals surface area contributed by atoms with Crippen LogP contribution in [0.25, 0.3) is 0 Å². The van der Waals surface area contributed by atoms with Gasteiger partial charge in [-0.3, -0.25) is 0 Å². The third-order valence-corrected chi connectivity index (χ3v) is 4.04. The van der Waals surface area contributed by atoms with Crippen molar-refractivity contribution in [1.82, 2.24) is 0 Å². The molecule has 1 unspecified atom stereocenters. The number of hydrogen-bond acceptors (Lipinski definition) is 0. The van der Waals surface area contributed by atoms with Crippen molar-refractivity contribution in [3.05, 3.63) is 24.8 Å². The number of hydrogen-bond donors (Lipinski definition) is 0. The minimum absolute atomic E-state index is 0.817. The van der Waals surface area contributed by atoms with E-state index in [2.05, 4.69) is 38.7 Å². The Hall–Kier alpha value is -0.520. The van der Waals surface area contributed by atoms with E-state index in [-0.39, 0.29) is 0 Å². The quantitative estimate of drug-likeness (QED) is 0.215. The Bertz CT molecular complexity index is 214. The van der Waals surface area contributed by atoms with Crippen molar-refractivity contribution in [3.63, 3.8) is 0 Å². The average Bonchev–Trinajstić information content (AvgIpc) is 2.46. The molecule has 0 saturated heterocycles. The Morgan fingerprint density at radius 2 is 1.40 bits per heavy atom. The van der Waals surface area contributed by atoms with Crippen LogP contribution in [0.2, 0.25) is 0 Å². The smallest absolute Gasteiger partial charge is 0.0233 e. The van der Waals surface area contributed by atoms with Gasteiger partial charge in [0.1, 0.15) is 0 Å². The summed E-state index contributed by atoms with van der Waals surface area (Å²) in [6, 6.07) is 0. The summed E-state index contributed by atoms with van der Waals surface area (Å²) in [4.78, 5) is 0. The molecular weight excluding hydrogens is 240 g/mol. The fourth-order valence-electron chi connectivity index (χ4n) is 2.67. The molecule has 1 atom stereocenters. The molecule has 0 radical (unpaired) electrons. The Balaban J connectivity index is 3.77. The lowest BCUT2D eigenvalue weighted by Crippen LogP contribution is -1.97. The van der Waals surface area contributed by atoms with E-state index in [0.717, 1.165) is 5.92 Å². The van der Waals surface area contributed by atoms with Gasteiger partial charge in [0.25, 0.3) is 0 Å². The summed E-state index contributed by atoms with van der Waals surface area (Å²) >= 11 is 0. The Labute approximate surface area is 128 Å². The molecule has 0 aromatic heterocycles. The molecule has 0 heteroatoms. The van der Waals surface area contributed by atoms with Gasteiger partial charge >= 0.3 is 0 Å². The molecule has 0 fully saturated rings. The normalized spacial score (nSPS) is 12.9. The van der Waals surface area contributed by atoms with Crippen LogP contribution < -0.4 is 0 Å². The standard InChI is InChI=1S/C20H38/c1-4-7-10-11-12-13-16-19-20(17-14-8-5-2)18-15-9-6-3/h5,16,19-20H,2,4,6-15,17-18H2,1,3H3. The molecule has 0 N–H and O–H groups in total. The van der Waals surface area contributed by atoms with E-state index in [9.17, 15) is 0 Å². The predicted molar refractivity (Wildman–Crippen MR) is 94.2 cm³/mol. The highest BCUT2D eigenvalue weighted by Crippen LogP contribution is 2.19. The Morgan fingerprint density at radius 1 is 0.750 bits per heavy atom. The summed E-state index contributed by atoms with van der Waals surface area (Å²) < 4.78 is 0. The predicted octanol–water partition coefficient (Wildman–Crippen LogP) is 7.46. The van der Waals surface area contributed by atoms with Crippen molar-refractivity contribution in [3.8, 4) is 0 Å². The van der Waals surface area contributed by atoms with Gasteiger partial charge in [0.15, 0.2) is 0 Å². The van der Waals surface area contributed by atoms with E-state index in [4.69, 9.17) is 0 Å². The summed E-state index contributed by atoms with van der Waals surface area (Å²) in [5.41, 5.74) is 0. The Morgan fingerprint density at radius 3 is 2.10 bits per heavy atom. The van der Waals surface area contributed by atoms with Gasteiger partial charge < -0.3 is 0 Å². The van der Waals surface area contributed by atoms with Crippen molar-refractivity contribution in [2.45, 2.75) is 97.3 Å². The molecule has 0 amide bonds. The van der Waals surface area contributed by atoms with Gasteiger partial charge in [0.05, 0.1) is 0 Å². The van der Waals surface area contributed by atoms with Crippen molar-refractivity contribution in [1.29, 1.82) is 0 Å². The number of rotatable bonds is 15. The molecule has 0 aliphatic heterocycles. The van der Waals surface area contributed by atoms with E-state index < -0.39 is 0 Å². The lowest BCUT2D eigenvalue weighted by molar-refractivity contribution is 0.492. The van der Waals surface area contributed by atoms with Crippen LogP contribution >= 0.6 is 0 Å². The molecule has 20 heavy (non-hydrogen) atoms. The van der Waals surface area contributed by atoms with Crippen molar-refractivity contribution >= 4 is 0 Å². The second kappa shape index (κ2) is 16.5.